The van der Waals surface area contributed by atoms with Crippen molar-refractivity contribution in [3.05, 3.63) is 148 Å². The molecule has 0 spiro atoms. The zero-order chi connectivity index (χ0) is 36.2. The van der Waals surface area contributed by atoms with Crippen LogP contribution in [-0.4, -0.2) is 48.3 Å². The highest BCUT2D eigenvalue weighted by molar-refractivity contribution is 5.72. The molecule has 4 aliphatic heterocycles. The van der Waals surface area contributed by atoms with Crippen LogP contribution in [0, 0.1) is 27.7 Å². The minimum atomic E-state index is -0.149. The molecule has 7 heterocycles. The van der Waals surface area contributed by atoms with Crippen molar-refractivity contribution in [1.29, 1.82) is 0 Å². The molecule has 2 unspecified atom stereocenters. The van der Waals surface area contributed by atoms with Crippen molar-refractivity contribution >= 4 is 22.7 Å². The number of nitrogens with zero attached hydrogens (tertiary/aromatic N) is 11. The van der Waals surface area contributed by atoms with Crippen molar-refractivity contribution in [2.24, 2.45) is 0 Å². The van der Waals surface area contributed by atoms with Crippen LogP contribution >= 0.6 is 0 Å². The second-order valence-corrected chi connectivity index (χ2v) is 15.3. The molecule has 4 aliphatic rings. The van der Waals surface area contributed by atoms with Crippen molar-refractivity contribution in [2.45, 2.75) is 53.1 Å². The van der Waals surface area contributed by atoms with Gasteiger partial charge >= 0.3 is 0 Å². The van der Waals surface area contributed by atoms with Crippen molar-refractivity contribution in [2.75, 3.05) is 32.9 Å². The highest BCUT2D eigenvalue weighted by atomic mass is 15.5. The number of anilines is 4. The first-order chi connectivity index (χ1) is 26.3. The van der Waals surface area contributed by atoms with Gasteiger partial charge in [0.05, 0.1) is 37.1 Å². The summed E-state index contributed by atoms with van der Waals surface area (Å²) in [5.74, 6) is 0. The van der Waals surface area contributed by atoms with Gasteiger partial charge in [-0.2, -0.15) is 0 Å². The van der Waals surface area contributed by atoms with Crippen LogP contribution < -0.4 is 19.6 Å². The Balaban J connectivity index is 0.948. The number of benzene rings is 4. The zero-order valence-corrected chi connectivity index (χ0v) is 30.7. The summed E-state index contributed by atoms with van der Waals surface area (Å²) in [5, 5.41) is 18.9. The minimum absolute atomic E-state index is 0.149. The molecule has 54 heavy (non-hydrogen) atoms. The van der Waals surface area contributed by atoms with Gasteiger partial charge in [0.15, 0.2) is 12.3 Å². The lowest BCUT2D eigenvalue weighted by Crippen LogP contribution is -2.50. The normalized spacial score (nSPS) is 17.9. The summed E-state index contributed by atoms with van der Waals surface area (Å²) in [7, 11) is 0. The van der Waals surface area contributed by atoms with E-state index >= 15 is 0 Å². The third-order valence-corrected chi connectivity index (χ3v) is 11.4. The van der Waals surface area contributed by atoms with Crippen LogP contribution in [0.3, 0.4) is 0 Å². The van der Waals surface area contributed by atoms with Crippen LogP contribution in [0.2, 0.25) is 0 Å². The van der Waals surface area contributed by atoms with Crippen molar-refractivity contribution in [1.82, 2.24) is 35.0 Å². The Morgan fingerprint density at radius 1 is 0.481 bits per heavy atom. The summed E-state index contributed by atoms with van der Waals surface area (Å²) in [6.45, 7) is 11.9. The van der Waals surface area contributed by atoms with E-state index in [0.717, 1.165) is 37.8 Å². The highest BCUT2D eigenvalue weighted by Crippen LogP contribution is 2.46. The summed E-state index contributed by atoms with van der Waals surface area (Å²) >= 11 is 0. The van der Waals surface area contributed by atoms with Crippen molar-refractivity contribution in [3.63, 3.8) is 0 Å². The first-order valence-corrected chi connectivity index (χ1v) is 18.6. The van der Waals surface area contributed by atoms with Gasteiger partial charge in [-0.3, -0.25) is 0 Å². The van der Waals surface area contributed by atoms with Crippen molar-refractivity contribution < 1.29 is 0 Å². The molecule has 11 rings (SSSR count). The predicted octanol–water partition coefficient (Wildman–Crippen LogP) is 7.52. The Hall–Kier alpha value is -6.49. The maximum absolute atomic E-state index is 5.09. The van der Waals surface area contributed by atoms with E-state index < -0.39 is 0 Å². The molecule has 7 aromatic rings. The summed E-state index contributed by atoms with van der Waals surface area (Å²) in [4.78, 5) is 14.9. The van der Waals surface area contributed by atoms with Gasteiger partial charge < -0.3 is 19.6 Å². The fraction of sp³-hybridized carbons (Fsp3) is 0.233. The molecule has 4 bridgehead atoms. The molecule has 0 fully saturated rings. The molecule has 266 valence electrons. The number of aromatic nitrogens is 7. The van der Waals surface area contributed by atoms with E-state index in [1.807, 2.05) is 40.0 Å². The second-order valence-electron chi connectivity index (χ2n) is 15.3. The highest BCUT2D eigenvalue weighted by Gasteiger charge is 2.40. The third kappa shape index (κ3) is 4.77. The maximum Gasteiger partial charge on any atom is 0.154 e. The first-order valence-electron chi connectivity index (χ1n) is 18.6. The van der Waals surface area contributed by atoms with E-state index in [-0.39, 0.29) is 12.3 Å². The second kappa shape index (κ2) is 11.5. The van der Waals surface area contributed by atoms with E-state index in [4.69, 9.17) is 25.6 Å². The van der Waals surface area contributed by atoms with Crippen LogP contribution in [0.25, 0.3) is 22.8 Å². The van der Waals surface area contributed by atoms with Crippen LogP contribution in [0.1, 0.15) is 56.8 Å². The fourth-order valence-electron chi connectivity index (χ4n) is 9.01. The Bertz CT molecular complexity index is 2460. The molecule has 0 radical (unpaired) electrons. The topological polar surface area (TPSA) is 87.3 Å². The average Bonchev–Trinajstić information content (AvgIpc) is 3.86. The molecule has 0 N–H and O–H groups in total. The lowest BCUT2D eigenvalue weighted by atomic mass is 9.97. The molecule has 2 atom stereocenters. The minimum Gasteiger partial charge on any atom is -0.349 e. The van der Waals surface area contributed by atoms with Crippen LogP contribution in [0.4, 0.5) is 22.7 Å². The number of aryl methyl sites for hydroxylation is 4. The number of fused-ring (bicyclic) bond motifs is 12. The zero-order valence-electron chi connectivity index (χ0n) is 30.7. The summed E-state index contributed by atoms with van der Waals surface area (Å²) in [6.07, 6.45) is 3.76. The summed E-state index contributed by atoms with van der Waals surface area (Å²) in [5.41, 5.74) is 17.9. The Morgan fingerprint density at radius 3 is 1.37 bits per heavy atom. The third-order valence-electron chi connectivity index (χ3n) is 11.4. The molecule has 0 aliphatic carbocycles. The quantitative estimate of drug-likeness (QED) is 0.184. The fourth-order valence-corrected chi connectivity index (χ4v) is 9.01. The van der Waals surface area contributed by atoms with E-state index in [0.29, 0.717) is 11.4 Å². The van der Waals surface area contributed by atoms with Gasteiger partial charge in [0, 0.05) is 47.0 Å². The number of hydrogen-bond acceptors (Lipinski definition) is 9. The van der Waals surface area contributed by atoms with Crippen LogP contribution in [0.15, 0.2) is 103 Å². The molecule has 0 amide bonds. The van der Waals surface area contributed by atoms with E-state index in [9.17, 15) is 0 Å². The standard InChI is InChI=1S/C43H39N11/c1-26-8-12-38-30(16-26)20-49-24-51(38)42(32-18-28(3)10-14-40(32)49)53-22-36(45-47-53)34-6-5-7-35(44-34)37-23-54(48-46-37)43-33-19-29(4)11-15-41(33)50-21-31-17-27(2)9-13-39(31)52(43)25-50/h5-19,22-23,42-43H,20-21,24-25H2,1-4H3. The molecule has 4 aromatic carbocycles. The molecule has 0 saturated carbocycles. The van der Waals surface area contributed by atoms with Gasteiger partial charge in [-0.15, -0.1) is 10.2 Å². The van der Waals surface area contributed by atoms with Gasteiger partial charge in [-0.1, -0.05) is 75.1 Å². The largest absolute Gasteiger partial charge is 0.349 e. The van der Waals surface area contributed by atoms with E-state index in [1.165, 1.54) is 67.3 Å². The van der Waals surface area contributed by atoms with E-state index in [2.05, 4.69) is 120 Å². The smallest absolute Gasteiger partial charge is 0.154 e. The number of rotatable bonds is 4. The lowest BCUT2D eigenvalue weighted by molar-refractivity contribution is 0.445. The monoisotopic (exact) mass is 709 g/mol. The number of hydrogen-bond donors (Lipinski definition) is 0. The molecule has 11 nitrogen and oxygen atoms in total. The summed E-state index contributed by atoms with van der Waals surface area (Å²) < 4.78 is 3.99. The Labute approximate surface area is 313 Å². The average molecular weight is 710 g/mol. The maximum atomic E-state index is 5.09. The van der Waals surface area contributed by atoms with Gasteiger partial charge in [-0.05, 0) is 87.4 Å². The SMILES string of the molecule is Cc1ccc2c(c1)CN1CN2C(n2cc(-c3cccc(-c4cn(C5c6cc(C)ccc6N6Cc7cc(C)ccc7N5C6)nn4)n3)nn2)c2cc(C)ccc21. The van der Waals surface area contributed by atoms with Gasteiger partial charge in [0.1, 0.15) is 11.4 Å². The van der Waals surface area contributed by atoms with Gasteiger partial charge in [0.25, 0.3) is 0 Å². The van der Waals surface area contributed by atoms with Crippen molar-refractivity contribution in [3.8, 4) is 22.8 Å². The van der Waals surface area contributed by atoms with Crippen LogP contribution in [-0.2, 0) is 13.1 Å². The molecular formula is C43H39N11. The molecule has 0 saturated heterocycles. The lowest BCUT2D eigenvalue weighted by Gasteiger charge is -2.49. The number of pyridine rings is 1. The summed E-state index contributed by atoms with van der Waals surface area (Å²) in [6, 6.07) is 33.0. The van der Waals surface area contributed by atoms with Crippen LogP contribution in [0.5, 0.6) is 0 Å². The van der Waals surface area contributed by atoms with E-state index in [1.54, 1.807) is 0 Å². The Morgan fingerprint density at radius 2 is 0.907 bits per heavy atom. The molecule has 11 heteroatoms. The first kappa shape index (κ1) is 31.1. The van der Waals surface area contributed by atoms with Gasteiger partial charge in [-0.25, -0.2) is 14.3 Å². The van der Waals surface area contributed by atoms with Gasteiger partial charge in [0.2, 0.25) is 0 Å². The molecular weight excluding hydrogens is 671 g/mol. The molecule has 3 aromatic heterocycles. The Kier molecular flexibility index (Phi) is 6.62. The predicted molar refractivity (Wildman–Crippen MR) is 210 cm³/mol.